The number of aldehydes is 1. The Bertz CT molecular complexity index is 659. The summed E-state index contributed by atoms with van der Waals surface area (Å²) in [5.41, 5.74) is 3.27. The van der Waals surface area contributed by atoms with Gasteiger partial charge in [-0.15, -0.1) is 5.23 Å². The monoisotopic (exact) mass is 343 g/mol. The third-order valence-corrected chi connectivity index (χ3v) is 3.24. The molecular weight excluding hydrogens is 322 g/mol. The molecule has 6 heteroatoms. The van der Waals surface area contributed by atoms with Crippen LogP contribution in [0, 0.1) is 0 Å². The van der Waals surface area contributed by atoms with Crippen molar-refractivity contribution in [2.75, 3.05) is 31.7 Å². The van der Waals surface area contributed by atoms with E-state index in [2.05, 4.69) is 0 Å². The topological polar surface area (TPSA) is 79.2 Å². The third-order valence-electron chi connectivity index (χ3n) is 3.24. The maximum Gasteiger partial charge on any atom is 0.150 e. The van der Waals surface area contributed by atoms with Crippen molar-refractivity contribution >= 4 is 24.1 Å². The molecule has 25 heavy (non-hydrogen) atoms. The Morgan fingerprint density at radius 3 is 1.64 bits per heavy atom. The molecule has 0 aromatic heterocycles. The lowest BCUT2D eigenvalue weighted by molar-refractivity contribution is -0.103. The number of benzene rings is 2. The highest BCUT2D eigenvalue weighted by molar-refractivity contribution is 5.76. The second-order valence-electron chi connectivity index (χ2n) is 5.08. The van der Waals surface area contributed by atoms with Crippen molar-refractivity contribution in [1.82, 2.24) is 0 Å². The number of hydrogen-bond donors (Lipinski definition) is 2. The molecule has 0 aliphatic heterocycles. The molecule has 2 aromatic carbocycles. The summed E-state index contributed by atoms with van der Waals surface area (Å²) >= 11 is 0. The fourth-order valence-corrected chi connectivity index (χ4v) is 2.02. The quantitative estimate of drug-likeness (QED) is 0.392. The molecule has 6 nitrogen and oxygen atoms in total. The first-order valence-corrected chi connectivity index (χ1v) is 7.88. The zero-order valence-electron chi connectivity index (χ0n) is 13.7. The Morgan fingerprint density at radius 2 is 1.20 bits per heavy atom. The van der Waals surface area contributed by atoms with E-state index in [1.165, 1.54) is 5.23 Å². The van der Waals surface area contributed by atoms with Crippen LogP contribution in [0.5, 0.6) is 0 Å². The van der Waals surface area contributed by atoms with Crippen LogP contribution in [-0.4, -0.2) is 42.9 Å². The minimum Gasteiger partial charge on any atom is -0.394 e. The summed E-state index contributed by atoms with van der Waals surface area (Å²) in [5.74, 6) is 0. The van der Waals surface area contributed by atoms with Gasteiger partial charge in [0.1, 0.15) is 19.5 Å². The van der Waals surface area contributed by atoms with Crippen LogP contribution >= 0.6 is 0 Å². The largest absolute Gasteiger partial charge is 0.394 e. The second kappa shape index (κ2) is 10.4. The Hall–Kier alpha value is -2.51. The number of hydrogen-bond acceptors (Lipinski definition) is 6. The Kier molecular flexibility index (Phi) is 7.81. The molecule has 2 N–H and O–H groups in total. The normalized spacial score (nSPS) is 11.0. The van der Waals surface area contributed by atoms with Crippen LogP contribution < -0.4 is 5.23 Å². The van der Waals surface area contributed by atoms with E-state index in [0.29, 0.717) is 11.3 Å². The Balaban J connectivity index is 2.03. The molecule has 0 heterocycles. The van der Waals surface area contributed by atoms with Gasteiger partial charge in [0.25, 0.3) is 0 Å². The minimum absolute atomic E-state index is 0.0872. The number of aliphatic hydroxyl groups excluding tert-OH is 2. The summed E-state index contributed by atoms with van der Waals surface area (Å²) in [6.45, 7) is -0.0981. The van der Waals surface area contributed by atoms with E-state index in [1.807, 2.05) is 48.6 Å². The van der Waals surface area contributed by atoms with E-state index >= 15 is 0 Å². The number of aliphatic hydroxyl groups is 2. The molecule has 0 unspecified atom stereocenters. The summed E-state index contributed by atoms with van der Waals surface area (Å²) in [6, 6.07) is 14.7. The van der Waals surface area contributed by atoms with Gasteiger partial charge >= 0.3 is 0 Å². The first-order chi connectivity index (χ1) is 12.3. The van der Waals surface area contributed by atoms with Gasteiger partial charge < -0.3 is 10.2 Å². The standard InChI is InChI=1S/C19H21NO5/c21-11-13-24-20(25-14-12-22)19-9-7-17(8-10-19)2-1-16-3-5-18(15-23)6-4-16/h1-10,15,21-22H,11-14H2. The molecule has 0 saturated heterocycles. The summed E-state index contributed by atoms with van der Waals surface area (Å²) in [6.07, 6.45) is 4.72. The molecule has 132 valence electrons. The molecular formula is C19H21NO5. The molecule has 2 aromatic rings. The lowest BCUT2D eigenvalue weighted by Crippen LogP contribution is -2.27. The van der Waals surface area contributed by atoms with Crippen LogP contribution in [0.3, 0.4) is 0 Å². The van der Waals surface area contributed by atoms with Gasteiger partial charge in [-0.2, -0.15) is 0 Å². The smallest absolute Gasteiger partial charge is 0.150 e. The van der Waals surface area contributed by atoms with E-state index in [0.717, 1.165) is 17.4 Å². The minimum atomic E-state index is -0.136. The highest BCUT2D eigenvalue weighted by Crippen LogP contribution is 2.18. The Morgan fingerprint density at radius 1 is 0.760 bits per heavy atom. The third kappa shape index (κ3) is 6.13. The first-order valence-electron chi connectivity index (χ1n) is 7.88. The molecule has 0 bridgehead atoms. The van der Waals surface area contributed by atoms with Crippen molar-refractivity contribution < 1.29 is 24.7 Å². The van der Waals surface area contributed by atoms with E-state index < -0.39 is 0 Å². The van der Waals surface area contributed by atoms with Gasteiger partial charge in [-0.05, 0) is 23.3 Å². The zero-order chi connectivity index (χ0) is 17.9. The van der Waals surface area contributed by atoms with Gasteiger partial charge in [0.2, 0.25) is 0 Å². The van der Waals surface area contributed by atoms with E-state index in [4.69, 9.17) is 19.9 Å². The molecule has 0 fully saturated rings. The van der Waals surface area contributed by atoms with E-state index in [9.17, 15) is 4.79 Å². The molecule has 0 aliphatic rings. The number of rotatable bonds is 10. The van der Waals surface area contributed by atoms with Crippen LogP contribution in [0.2, 0.25) is 0 Å². The first kappa shape index (κ1) is 18.8. The van der Waals surface area contributed by atoms with Gasteiger partial charge in [0.05, 0.1) is 18.9 Å². The SMILES string of the molecule is O=Cc1ccc(C=Cc2ccc(N(OCCO)OCCO)cc2)cc1. The fourth-order valence-electron chi connectivity index (χ4n) is 2.02. The van der Waals surface area contributed by atoms with Gasteiger partial charge in [0, 0.05) is 5.56 Å². The molecule has 2 rings (SSSR count). The molecule has 0 amide bonds. The van der Waals surface area contributed by atoms with Crippen molar-refractivity contribution in [3.63, 3.8) is 0 Å². The van der Waals surface area contributed by atoms with Crippen LogP contribution in [0.25, 0.3) is 12.2 Å². The lowest BCUT2D eigenvalue weighted by Gasteiger charge is -2.21. The predicted octanol–water partition coefficient (Wildman–Crippen LogP) is 2.32. The van der Waals surface area contributed by atoms with Crippen molar-refractivity contribution in [3.05, 3.63) is 65.2 Å². The summed E-state index contributed by atoms with van der Waals surface area (Å²) in [5, 5.41) is 18.9. The summed E-state index contributed by atoms with van der Waals surface area (Å²) in [7, 11) is 0. The van der Waals surface area contributed by atoms with Crippen LogP contribution in [0.4, 0.5) is 5.69 Å². The van der Waals surface area contributed by atoms with Gasteiger partial charge in [0.15, 0.2) is 0 Å². The lowest BCUT2D eigenvalue weighted by atomic mass is 10.1. The second-order valence-corrected chi connectivity index (χ2v) is 5.08. The maximum absolute atomic E-state index is 10.6. The van der Waals surface area contributed by atoms with Crippen molar-refractivity contribution in [3.8, 4) is 0 Å². The van der Waals surface area contributed by atoms with Crippen molar-refractivity contribution in [1.29, 1.82) is 0 Å². The number of carbonyl (C=O) groups is 1. The van der Waals surface area contributed by atoms with Crippen LogP contribution in [0.15, 0.2) is 48.5 Å². The highest BCUT2D eigenvalue weighted by atomic mass is 16.9. The molecule has 0 radical (unpaired) electrons. The summed E-state index contributed by atoms with van der Waals surface area (Å²) < 4.78 is 0. The Labute approximate surface area is 146 Å². The van der Waals surface area contributed by atoms with Crippen LogP contribution in [0.1, 0.15) is 21.5 Å². The maximum atomic E-state index is 10.6. The van der Waals surface area contributed by atoms with E-state index in [1.54, 1.807) is 12.1 Å². The zero-order valence-corrected chi connectivity index (χ0v) is 13.7. The molecule has 0 atom stereocenters. The van der Waals surface area contributed by atoms with E-state index in [-0.39, 0.29) is 26.4 Å². The van der Waals surface area contributed by atoms with Gasteiger partial charge in [-0.25, -0.2) is 9.68 Å². The number of nitrogens with zero attached hydrogens (tertiary/aromatic N) is 1. The highest BCUT2D eigenvalue weighted by Gasteiger charge is 2.07. The summed E-state index contributed by atoms with van der Waals surface area (Å²) in [4.78, 5) is 21.2. The number of anilines is 1. The molecule has 0 saturated carbocycles. The average Bonchev–Trinajstić information content (AvgIpc) is 2.67. The average molecular weight is 343 g/mol. The fraction of sp³-hybridized carbons (Fsp3) is 0.211. The molecule has 0 aliphatic carbocycles. The van der Waals surface area contributed by atoms with Crippen LogP contribution in [-0.2, 0) is 9.68 Å². The van der Waals surface area contributed by atoms with Gasteiger partial charge in [-0.1, -0.05) is 48.6 Å². The molecule has 0 spiro atoms. The van der Waals surface area contributed by atoms with Crippen molar-refractivity contribution in [2.24, 2.45) is 0 Å². The van der Waals surface area contributed by atoms with Crippen molar-refractivity contribution in [2.45, 2.75) is 0 Å². The number of carbonyl (C=O) groups excluding carboxylic acids is 1. The van der Waals surface area contributed by atoms with Gasteiger partial charge in [-0.3, -0.25) is 4.79 Å². The predicted molar refractivity (Wildman–Crippen MR) is 95.8 cm³/mol.